The predicted octanol–water partition coefficient (Wildman–Crippen LogP) is 3.41. The van der Waals surface area contributed by atoms with Gasteiger partial charge in [-0.3, -0.25) is 0 Å². The van der Waals surface area contributed by atoms with Gasteiger partial charge in [-0.25, -0.2) is 9.38 Å². The van der Waals surface area contributed by atoms with Gasteiger partial charge in [0, 0.05) is 29.4 Å². The number of aliphatic imine (C=N–C) groups is 1. The van der Waals surface area contributed by atoms with Crippen LogP contribution in [0.1, 0.15) is 35.1 Å². The van der Waals surface area contributed by atoms with E-state index in [0.29, 0.717) is 38.2 Å². The van der Waals surface area contributed by atoms with E-state index in [-0.39, 0.29) is 11.9 Å². The molecule has 3 rings (SSSR count). The number of halogens is 1. The minimum absolute atomic E-state index is 0.226. The molecule has 3 N–H and O–H groups in total. The van der Waals surface area contributed by atoms with Crippen LogP contribution in [-0.4, -0.2) is 36.8 Å². The van der Waals surface area contributed by atoms with E-state index in [1.165, 1.54) is 9.75 Å². The first-order valence-electron chi connectivity index (χ1n) is 9.84. The highest BCUT2D eigenvalue weighted by Crippen LogP contribution is 2.24. The lowest BCUT2D eigenvalue weighted by Crippen LogP contribution is -2.36. The number of hydrogen-bond donors (Lipinski definition) is 3. The van der Waals surface area contributed by atoms with Crippen LogP contribution in [0.2, 0.25) is 0 Å². The molecule has 1 aromatic carbocycles. The van der Waals surface area contributed by atoms with Crippen LogP contribution in [0.15, 0.2) is 35.3 Å². The number of guanidine groups is 1. The van der Waals surface area contributed by atoms with Gasteiger partial charge < -0.3 is 20.6 Å². The topological polar surface area (TPSA) is 59.9 Å². The third-order valence-corrected chi connectivity index (χ3v) is 5.81. The molecule has 2 heterocycles. The van der Waals surface area contributed by atoms with Gasteiger partial charge in [0.2, 0.25) is 0 Å². The van der Waals surface area contributed by atoms with Crippen molar-refractivity contribution >= 4 is 23.0 Å². The second kappa shape index (κ2) is 9.89. The van der Waals surface area contributed by atoms with Crippen LogP contribution >= 0.6 is 11.3 Å². The van der Waals surface area contributed by atoms with E-state index in [9.17, 15) is 9.50 Å². The highest BCUT2D eigenvalue weighted by atomic mass is 32.1. The van der Waals surface area contributed by atoms with Gasteiger partial charge in [0.25, 0.3) is 0 Å². The number of benzene rings is 1. The molecule has 5 nitrogen and oxygen atoms in total. The molecule has 1 aliphatic rings. The molecule has 0 amide bonds. The van der Waals surface area contributed by atoms with Gasteiger partial charge in [0.15, 0.2) is 5.96 Å². The zero-order valence-electron chi connectivity index (χ0n) is 16.5. The molecule has 2 aromatic rings. The fourth-order valence-electron chi connectivity index (χ4n) is 3.28. The number of anilines is 1. The summed E-state index contributed by atoms with van der Waals surface area (Å²) in [7, 11) is 0. The van der Waals surface area contributed by atoms with Crippen LogP contribution in [0.3, 0.4) is 0 Å². The first kappa shape index (κ1) is 20.6. The molecule has 1 aliphatic heterocycles. The van der Waals surface area contributed by atoms with Crippen LogP contribution < -0.4 is 15.5 Å². The second-order valence-electron chi connectivity index (χ2n) is 7.07. The summed E-state index contributed by atoms with van der Waals surface area (Å²) in [4.78, 5) is 9.13. The number of aliphatic hydroxyl groups excluding tert-OH is 1. The van der Waals surface area contributed by atoms with E-state index in [0.717, 1.165) is 24.6 Å². The maximum Gasteiger partial charge on any atom is 0.191 e. The molecule has 0 spiro atoms. The number of nitrogens with zero attached hydrogens (tertiary/aromatic N) is 2. The van der Waals surface area contributed by atoms with Crippen molar-refractivity contribution in [1.82, 2.24) is 10.6 Å². The molecule has 0 aliphatic carbocycles. The Kier molecular flexibility index (Phi) is 7.28. The van der Waals surface area contributed by atoms with E-state index in [1.54, 1.807) is 17.4 Å². The molecule has 0 bridgehead atoms. The van der Waals surface area contributed by atoms with Crippen LogP contribution in [0.4, 0.5) is 10.1 Å². The number of hydrogen-bond acceptors (Lipinski definition) is 4. The lowest BCUT2D eigenvalue weighted by atomic mass is 10.1. The van der Waals surface area contributed by atoms with Gasteiger partial charge in [-0.05, 0) is 56.5 Å². The van der Waals surface area contributed by atoms with E-state index < -0.39 is 0 Å². The van der Waals surface area contributed by atoms with Crippen molar-refractivity contribution in [2.24, 2.45) is 4.99 Å². The molecule has 1 aromatic heterocycles. The average Bonchev–Trinajstić information content (AvgIpc) is 3.10. The summed E-state index contributed by atoms with van der Waals surface area (Å²) in [6.07, 6.45) is 1.11. The average molecular weight is 405 g/mol. The van der Waals surface area contributed by atoms with Crippen molar-refractivity contribution in [2.45, 2.75) is 45.9 Å². The first-order valence-corrected chi connectivity index (χ1v) is 10.7. The van der Waals surface area contributed by atoms with Gasteiger partial charge >= 0.3 is 0 Å². The monoisotopic (exact) mass is 404 g/mol. The molecule has 7 heteroatoms. The summed E-state index contributed by atoms with van der Waals surface area (Å²) in [5.74, 6) is 0.499. The molecular weight excluding hydrogens is 375 g/mol. The minimum atomic E-state index is -0.261. The number of nitrogens with one attached hydrogen (secondary N) is 2. The summed E-state index contributed by atoms with van der Waals surface area (Å²) >= 11 is 1.76. The van der Waals surface area contributed by atoms with Crippen molar-refractivity contribution in [2.75, 3.05) is 24.5 Å². The van der Waals surface area contributed by atoms with Crippen molar-refractivity contribution in [3.05, 3.63) is 51.5 Å². The fourth-order valence-corrected chi connectivity index (χ4v) is 4.11. The van der Waals surface area contributed by atoms with E-state index >= 15 is 0 Å². The first-order chi connectivity index (χ1) is 13.5. The maximum atomic E-state index is 14.6. The summed E-state index contributed by atoms with van der Waals surface area (Å²) in [6, 6.07) is 9.55. The lowest BCUT2D eigenvalue weighted by Gasteiger charge is -2.31. The quantitative estimate of drug-likeness (QED) is 0.510. The molecule has 28 heavy (non-hydrogen) atoms. The SMILES string of the molecule is CCNC(=NCc1ccc(N2CCC(O)CC2)c(F)c1)NCc1ccc(C)s1. The third kappa shape index (κ3) is 5.69. The molecule has 1 fully saturated rings. The van der Waals surface area contributed by atoms with Crippen LogP contribution in [0.5, 0.6) is 0 Å². The van der Waals surface area contributed by atoms with Crippen LogP contribution in [0.25, 0.3) is 0 Å². The second-order valence-corrected chi connectivity index (χ2v) is 8.44. The Morgan fingerprint density at radius 3 is 2.68 bits per heavy atom. The third-order valence-electron chi connectivity index (χ3n) is 4.81. The minimum Gasteiger partial charge on any atom is -0.393 e. The zero-order chi connectivity index (χ0) is 19.9. The summed E-state index contributed by atoms with van der Waals surface area (Å²) in [5.41, 5.74) is 1.44. The molecule has 0 radical (unpaired) electrons. The number of thiophene rings is 1. The van der Waals surface area contributed by atoms with Crippen molar-refractivity contribution in [1.29, 1.82) is 0 Å². The summed E-state index contributed by atoms with van der Waals surface area (Å²) in [6.45, 7) is 7.39. The van der Waals surface area contributed by atoms with Crippen molar-refractivity contribution in [3.8, 4) is 0 Å². The normalized spacial score (nSPS) is 15.7. The molecule has 152 valence electrons. The standard InChI is InChI=1S/C21H29FN4OS/c1-3-23-21(25-14-18-6-4-15(2)28-18)24-13-16-5-7-20(19(22)12-16)26-10-8-17(27)9-11-26/h4-7,12,17,27H,3,8-11,13-14H2,1-2H3,(H2,23,24,25). The molecular formula is C21H29FN4OS. The van der Waals surface area contributed by atoms with Gasteiger partial charge in [0.1, 0.15) is 5.82 Å². The summed E-state index contributed by atoms with van der Waals surface area (Å²) < 4.78 is 14.6. The van der Waals surface area contributed by atoms with Crippen LogP contribution in [-0.2, 0) is 13.1 Å². The van der Waals surface area contributed by atoms with E-state index in [1.807, 2.05) is 24.0 Å². The fraction of sp³-hybridized carbons (Fsp3) is 0.476. The maximum absolute atomic E-state index is 14.6. The van der Waals surface area contributed by atoms with Gasteiger partial charge in [-0.15, -0.1) is 11.3 Å². The smallest absolute Gasteiger partial charge is 0.191 e. The Balaban J connectivity index is 1.61. The number of aryl methyl sites for hydroxylation is 1. The number of aliphatic hydroxyl groups is 1. The van der Waals surface area contributed by atoms with Gasteiger partial charge in [-0.2, -0.15) is 0 Å². The highest BCUT2D eigenvalue weighted by Gasteiger charge is 2.19. The van der Waals surface area contributed by atoms with Crippen LogP contribution in [0, 0.1) is 12.7 Å². The molecule has 0 unspecified atom stereocenters. The number of rotatable bonds is 6. The Bertz CT molecular complexity index is 799. The molecule has 0 atom stereocenters. The molecule has 0 saturated carbocycles. The predicted molar refractivity (Wildman–Crippen MR) is 115 cm³/mol. The van der Waals surface area contributed by atoms with Gasteiger partial charge in [-0.1, -0.05) is 6.07 Å². The molecule has 1 saturated heterocycles. The van der Waals surface area contributed by atoms with Gasteiger partial charge in [0.05, 0.1) is 24.9 Å². The van der Waals surface area contributed by atoms with E-state index in [2.05, 4.69) is 34.7 Å². The zero-order valence-corrected chi connectivity index (χ0v) is 17.4. The number of piperidine rings is 1. The Morgan fingerprint density at radius 2 is 2.04 bits per heavy atom. The Hall–Kier alpha value is -2.12. The Morgan fingerprint density at radius 1 is 1.25 bits per heavy atom. The van der Waals surface area contributed by atoms with E-state index in [4.69, 9.17) is 0 Å². The highest BCUT2D eigenvalue weighted by molar-refractivity contribution is 7.11. The largest absolute Gasteiger partial charge is 0.393 e. The van der Waals surface area contributed by atoms with Crippen molar-refractivity contribution < 1.29 is 9.50 Å². The van der Waals surface area contributed by atoms with Crippen molar-refractivity contribution in [3.63, 3.8) is 0 Å². The summed E-state index contributed by atoms with van der Waals surface area (Å²) in [5, 5.41) is 16.2. The lowest BCUT2D eigenvalue weighted by molar-refractivity contribution is 0.145. The Labute approximate surface area is 170 Å².